The Labute approximate surface area is 128 Å². The van der Waals surface area contributed by atoms with E-state index < -0.39 is 0 Å². The van der Waals surface area contributed by atoms with Crippen LogP contribution in [-0.2, 0) is 13.7 Å². The molecule has 0 aliphatic rings. The van der Waals surface area contributed by atoms with Crippen LogP contribution in [0.15, 0.2) is 46.6 Å². The molecule has 0 aliphatic heterocycles. The van der Waals surface area contributed by atoms with Crippen molar-refractivity contribution in [3.05, 3.63) is 42.2 Å². The molecule has 0 unspecified atom stereocenters. The second-order valence-electron chi connectivity index (χ2n) is 4.63. The fraction of sp³-hybridized carbons (Fsp3) is 0.400. The molecule has 0 bridgehead atoms. The average molecular weight is 308 g/mol. The maximum atomic E-state index is 9.16. The van der Waals surface area contributed by atoms with Crippen LogP contribution in [0.1, 0.15) is 19.0 Å². The van der Waals surface area contributed by atoms with Crippen LogP contribution in [0.3, 0.4) is 0 Å². The summed E-state index contributed by atoms with van der Waals surface area (Å²) in [6.07, 6.45) is 2.87. The van der Waals surface area contributed by atoms with Crippen molar-refractivity contribution in [2.75, 3.05) is 5.75 Å². The molecule has 2 rings (SSSR count). The van der Waals surface area contributed by atoms with E-state index in [0.717, 1.165) is 23.0 Å². The number of nitrogens with zero attached hydrogens (tertiary/aromatic N) is 2. The lowest BCUT2D eigenvalue weighted by molar-refractivity contribution is 0.271. The Morgan fingerprint density at radius 1 is 1.30 bits per heavy atom. The predicted molar refractivity (Wildman–Crippen MR) is 86.2 cm³/mol. The average Bonchev–Trinajstić information content (AvgIpc) is 2.81. The largest absolute Gasteiger partial charge is 0.390 e. The normalized spacial score (nSPS) is 12.6. The topological polar surface area (TPSA) is 38.1 Å². The van der Waals surface area contributed by atoms with Crippen LogP contribution in [-0.4, -0.2) is 25.7 Å². The molecule has 0 radical (unpaired) electrons. The minimum atomic E-state index is 0.0439. The fourth-order valence-electron chi connectivity index (χ4n) is 1.78. The second-order valence-corrected chi connectivity index (χ2v) is 7.20. The van der Waals surface area contributed by atoms with Gasteiger partial charge in [0.15, 0.2) is 5.16 Å². The van der Waals surface area contributed by atoms with Gasteiger partial charge in [-0.15, -0.1) is 11.8 Å². The smallest absolute Gasteiger partial charge is 0.168 e. The maximum absolute atomic E-state index is 9.16. The zero-order valence-corrected chi connectivity index (χ0v) is 13.5. The van der Waals surface area contributed by atoms with Crippen LogP contribution < -0.4 is 0 Å². The number of imidazole rings is 1. The molecule has 0 spiro atoms. The van der Waals surface area contributed by atoms with Crippen molar-refractivity contribution in [3.63, 3.8) is 0 Å². The molecule has 3 nitrogen and oxygen atoms in total. The zero-order valence-electron chi connectivity index (χ0n) is 11.8. The quantitative estimate of drug-likeness (QED) is 0.794. The van der Waals surface area contributed by atoms with Crippen molar-refractivity contribution in [1.29, 1.82) is 0 Å². The van der Waals surface area contributed by atoms with E-state index >= 15 is 0 Å². The molecule has 108 valence electrons. The van der Waals surface area contributed by atoms with Gasteiger partial charge >= 0.3 is 0 Å². The number of benzene rings is 1. The second kappa shape index (κ2) is 7.76. The summed E-state index contributed by atoms with van der Waals surface area (Å²) < 4.78 is 1.96. The van der Waals surface area contributed by atoms with Gasteiger partial charge in [-0.1, -0.05) is 36.9 Å². The van der Waals surface area contributed by atoms with Gasteiger partial charge in [0.25, 0.3) is 0 Å². The predicted octanol–water partition coefficient (Wildman–Crippen LogP) is 3.58. The lowest BCUT2D eigenvalue weighted by Gasteiger charge is -2.11. The minimum Gasteiger partial charge on any atom is -0.390 e. The molecule has 1 atom stereocenters. The van der Waals surface area contributed by atoms with Crippen LogP contribution in [0.25, 0.3) is 0 Å². The van der Waals surface area contributed by atoms with E-state index in [1.54, 1.807) is 18.0 Å². The molecule has 0 fully saturated rings. The molecule has 1 N–H and O–H groups in total. The molecular formula is C15H20N2OS2. The van der Waals surface area contributed by atoms with Gasteiger partial charge in [-0.25, -0.2) is 4.98 Å². The first-order valence-electron chi connectivity index (χ1n) is 6.66. The van der Waals surface area contributed by atoms with Crippen molar-refractivity contribution in [2.45, 2.75) is 35.3 Å². The molecule has 0 amide bonds. The molecule has 2 aromatic rings. The Morgan fingerprint density at radius 3 is 2.70 bits per heavy atom. The number of aromatic nitrogens is 2. The fourth-order valence-corrected chi connectivity index (χ4v) is 3.97. The summed E-state index contributed by atoms with van der Waals surface area (Å²) in [7, 11) is 1.95. The molecule has 20 heavy (non-hydrogen) atoms. The minimum absolute atomic E-state index is 0.0439. The maximum Gasteiger partial charge on any atom is 0.168 e. The van der Waals surface area contributed by atoms with E-state index in [1.165, 1.54) is 4.90 Å². The van der Waals surface area contributed by atoms with Gasteiger partial charge in [-0.2, -0.15) is 0 Å². The third kappa shape index (κ3) is 4.30. The lowest BCUT2D eigenvalue weighted by atomic mass is 10.4. The van der Waals surface area contributed by atoms with Gasteiger partial charge in [0.2, 0.25) is 0 Å². The SMILES string of the molecule is C[C@@H](CCSc1ccccc1)Sc1ncc(CO)n1C. The molecular weight excluding hydrogens is 288 g/mol. The number of hydrogen-bond acceptors (Lipinski definition) is 4. The number of rotatable bonds is 7. The molecule has 1 aromatic heterocycles. The van der Waals surface area contributed by atoms with Crippen LogP contribution >= 0.6 is 23.5 Å². The Bertz CT molecular complexity index is 528. The highest BCUT2D eigenvalue weighted by molar-refractivity contribution is 8.00. The lowest BCUT2D eigenvalue weighted by Crippen LogP contribution is -2.03. The van der Waals surface area contributed by atoms with Gasteiger partial charge in [0.1, 0.15) is 0 Å². The molecule has 0 saturated carbocycles. The van der Waals surface area contributed by atoms with Gasteiger partial charge < -0.3 is 9.67 Å². The van der Waals surface area contributed by atoms with E-state index in [9.17, 15) is 0 Å². The standard InChI is InChI=1S/C15H20N2OS2/c1-12(8-9-19-14-6-4-3-5-7-14)20-15-16-10-13(11-18)17(15)2/h3-7,10,12,18H,8-9,11H2,1-2H3/t12-/m0/s1. The van der Waals surface area contributed by atoms with Crippen LogP contribution in [0.5, 0.6) is 0 Å². The third-order valence-electron chi connectivity index (χ3n) is 3.05. The van der Waals surface area contributed by atoms with Gasteiger partial charge in [-0.05, 0) is 24.3 Å². The number of aliphatic hydroxyl groups is 1. The highest BCUT2D eigenvalue weighted by atomic mass is 32.2. The summed E-state index contributed by atoms with van der Waals surface area (Å²) >= 11 is 3.66. The first kappa shape index (κ1) is 15.5. The Morgan fingerprint density at radius 2 is 2.05 bits per heavy atom. The molecule has 1 aromatic carbocycles. The highest BCUT2D eigenvalue weighted by Crippen LogP contribution is 2.27. The van der Waals surface area contributed by atoms with Gasteiger partial charge in [0.05, 0.1) is 18.5 Å². The van der Waals surface area contributed by atoms with E-state index in [2.05, 4.69) is 36.2 Å². The summed E-state index contributed by atoms with van der Waals surface area (Å²) in [5.74, 6) is 1.11. The monoisotopic (exact) mass is 308 g/mol. The molecule has 5 heteroatoms. The van der Waals surface area contributed by atoms with E-state index in [4.69, 9.17) is 5.11 Å². The van der Waals surface area contributed by atoms with Crippen molar-refractivity contribution in [3.8, 4) is 0 Å². The van der Waals surface area contributed by atoms with Gasteiger partial charge in [-0.3, -0.25) is 0 Å². The summed E-state index contributed by atoms with van der Waals surface area (Å²) in [6.45, 7) is 2.27. The first-order chi connectivity index (χ1) is 9.70. The van der Waals surface area contributed by atoms with Crippen LogP contribution in [0.4, 0.5) is 0 Å². The molecule has 0 aliphatic carbocycles. The number of hydrogen-bond donors (Lipinski definition) is 1. The van der Waals surface area contributed by atoms with Crippen molar-refractivity contribution < 1.29 is 5.11 Å². The first-order valence-corrected chi connectivity index (χ1v) is 8.53. The van der Waals surface area contributed by atoms with E-state index in [0.29, 0.717) is 5.25 Å². The zero-order chi connectivity index (χ0) is 14.4. The Balaban J connectivity index is 1.77. The number of aliphatic hydroxyl groups excluding tert-OH is 1. The summed E-state index contributed by atoms with van der Waals surface area (Å²) in [4.78, 5) is 5.68. The molecule has 1 heterocycles. The molecule has 0 saturated heterocycles. The highest BCUT2D eigenvalue weighted by Gasteiger charge is 2.11. The van der Waals surface area contributed by atoms with Crippen molar-refractivity contribution in [2.24, 2.45) is 7.05 Å². The summed E-state index contributed by atoms with van der Waals surface area (Å²) in [5, 5.41) is 10.7. The summed E-state index contributed by atoms with van der Waals surface area (Å²) in [6, 6.07) is 10.5. The number of thioether (sulfide) groups is 2. The van der Waals surface area contributed by atoms with Crippen LogP contribution in [0, 0.1) is 0 Å². The van der Waals surface area contributed by atoms with Gasteiger partial charge in [0, 0.05) is 17.2 Å². The van der Waals surface area contributed by atoms with E-state index in [1.807, 2.05) is 29.4 Å². The summed E-state index contributed by atoms with van der Waals surface area (Å²) in [5.41, 5.74) is 0.860. The third-order valence-corrected chi connectivity index (χ3v) is 5.32. The Hall–Kier alpha value is -0.910. The van der Waals surface area contributed by atoms with E-state index in [-0.39, 0.29) is 6.61 Å². The Kier molecular flexibility index (Phi) is 6.01. The van der Waals surface area contributed by atoms with Crippen LogP contribution in [0.2, 0.25) is 0 Å². The van der Waals surface area contributed by atoms with Crippen molar-refractivity contribution >= 4 is 23.5 Å². The van der Waals surface area contributed by atoms with Crippen molar-refractivity contribution in [1.82, 2.24) is 9.55 Å².